The molecule has 122 valence electrons. The zero-order chi connectivity index (χ0) is 16.9. The maximum atomic E-state index is 11.6. The SMILES string of the molecule is CCC.CCNC1=C(Nc2cn(C)c(=O)cc2O)C(=O)C1O. The van der Waals surface area contributed by atoms with Crippen molar-refractivity contribution in [3.8, 4) is 5.75 Å². The van der Waals surface area contributed by atoms with Crippen molar-refractivity contribution >= 4 is 11.5 Å². The molecule has 1 heterocycles. The van der Waals surface area contributed by atoms with Gasteiger partial charge in [0, 0.05) is 25.9 Å². The van der Waals surface area contributed by atoms with E-state index in [2.05, 4.69) is 24.5 Å². The van der Waals surface area contributed by atoms with Gasteiger partial charge in [0.1, 0.15) is 11.4 Å². The number of Topliss-reactive ketones (excluding diaryl/α,β-unsaturated/α-hetero) is 1. The lowest BCUT2D eigenvalue weighted by Gasteiger charge is -2.29. The minimum absolute atomic E-state index is 0.197. The topological polar surface area (TPSA) is 104 Å². The van der Waals surface area contributed by atoms with Gasteiger partial charge in [0.25, 0.3) is 5.56 Å². The molecule has 22 heavy (non-hydrogen) atoms. The number of hydrogen-bond donors (Lipinski definition) is 4. The molecule has 0 saturated carbocycles. The molecular weight excluding hydrogens is 286 g/mol. The van der Waals surface area contributed by atoms with Crippen molar-refractivity contribution in [2.45, 2.75) is 33.3 Å². The van der Waals surface area contributed by atoms with Gasteiger partial charge in [-0.25, -0.2) is 0 Å². The van der Waals surface area contributed by atoms with Gasteiger partial charge in [-0.05, 0) is 6.92 Å². The van der Waals surface area contributed by atoms with E-state index in [0.29, 0.717) is 12.2 Å². The van der Waals surface area contributed by atoms with Crippen LogP contribution in [0.2, 0.25) is 0 Å². The molecule has 1 unspecified atom stereocenters. The van der Waals surface area contributed by atoms with Crippen LogP contribution in [-0.4, -0.2) is 33.2 Å². The number of aromatic hydroxyl groups is 1. The average Bonchev–Trinajstić information content (AvgIpc) is 2.48. The summed E-state index contributed by atoms with van der Waals surface area (Å²) < 4.78 is 1.27. The normalized spacial score (nSPS) is 16.6. The number of carbonyl (C=O) groups is 1. The molecule has 0 bridgehead atoms. The van der Waals surface area contributed by atoms with E-state index in [1.165, 1.54) is 24.2 Å². The van der Waals surface area contributed by atoms with Gasteiger partial charge >= 0.3 is 0 Å². The molecule has 0 amide bonds. The van der Waals surface area contributed by atoms with Gasteiger partial charge < -0.3 is 25.4 Å². The highest BCUT2D eigenvalue weighted by atomic mass is 16.3. The van der Waals surface area contributed by atoms with E-state index in [9.17, 15) is 19.8 Å². The fourth-order valence-corrected chi connectivity index (χ4v) is 1.81. The molecule has 0 aliphatic heterocycles. The molecule has 0 radical (unpaired) electrons. The molecule has 1 aliphatic carbocycles. The van der Waals surface area contributed by atoms with Crippen LogP contribution in [0, 0.1) is 0 Å². The van der Waals surface area contributed by atoms with E-state index >= 15 is 0 Å². The van der Waals surface area contributed by atoms with Gasteiger partial charge in [0.15, 0.2) is 6.10 Å². The van der Waals surface area contributed by atoms with Crippen molar-refractivity contribution in [1.29, 1.82) is 0 Å². The molecular formula is C15H23N3O4. The Kier molecular flexibility index (Phi) is 6.18. The van der Waals surface area contributed by atoms with Crippen molar-refractivity contribution in [1.82, 2.24) is 9.88 Å². The summed E-state index contributed by atoms with van der Waals surface area (Å²) in [4.78, 5) is 22.8. The van der Waals surface area contributed by atoms with E-state index in [1.54, 1.807) is 0 Å². The summed E-state index contributed by atoms with van der Waals surface area (Å²) in [7, 11) is 1.53. The summed E-state index contributed by atoms with van der Waals surface area (Å²) in [6, 6.07) is 1.05. The fraction of sp³-hybridized carbons (Fsp3) is 0.467. The Morgan fingerprint density at radius 3 is 2.41 bits per heavy atom. The third-order valence-corrected chi connectivity index (χ3v) is 2.87. The van der Waals surface area contributed by atoms with E-state index in [4.69, 9.17) is 0 Å². The van der Waals surface area contributed by atoms with Crippen molar-refractivity contribution < 1.29 is 15.0 Å². The lowest BCUT2D eigenvalue weighted by Crippen LogP contribution is -2.45. The maximum absolute atomic E-state index is 11.6. The Labute approximate surface area is 129 Å². The summed E-state index contributed by atoms with van der Waals surface area (Å²) in [5.74, 6) is -0.704. The number of aromatic nitrogens is 1. The first-order valence-electron chi connectivity index (χ1n) is 7.24. The molecule has 1 atom stereocenters. The number of nitrogens with zero attached hydrogens (tertiary/aromatic N) is 1. The van der Waals surface area contributed by atoms with Crippen LogP contribution in [0.15, 0.2) is 28.5 Å². The van der Waals surface area contributed by atoms with Gasteiger partial charge in [-0.1, -0.05) is 20.3 Å². The van der Waals surface area contributed by atoms with Crippen LogP contribution < -0.4 is 16.2 Å². The monoisotopic (exact) mass is 309 g/mol. The number of likely N-dealkylation sites (N-methyl/N-ethyl adjacent to an activating group) is 1. The number of nitrogens with one attached hydrogen (secondary N) is 2. The predicted octanol–water partition coefficient (Wildman–Crippen LogP) is 0.684. The van der Waals surface area contributed by atoms with Gasteiger partial charge in [0.2, 0.25) is 5.78 Å². The molecule has 7 nitrogen and oxygen atoms in total. The van der Waals surface area contributed by atoms with Crippen LogP contribution in [0.1, 0.15) is 27.2 Å². The van der Waals surface area contributed by atoms with Crippen LogP contribution in [0.5, 0.6) is 5.75 Å². The van der Waals surface area contributed by atoms with E-state index in [0.717, 1.165) is 6.07 Å². The summed E-state index contributed by atoms with van der Waals surface area (Å²) in [5.41, 5.74) is 0.459. The second kappa shape index (κ2) is 7.65. The van der Waals surface area contributed by atoms with Crippen molar-refractivity contribution in [2.75, 3.05) is 11.9 Å². The first-order valence-corrected chi connectivity index (χ1v) is 7.24. The highest BCUT2D eigenvalue weighted by Crippen LogP contribution is 2.28. The Morgan fingerprint density at radius 1 is 1.27 bits per heavy atom. The molecule has 1 aromatic heterocycles. The number of anilines is 1. The summed E-state index contributed by atoms with van der Waals surface area (Å²) in [5, 5.41) is 24.8. The third kappa shape index (κ3) is 3.67. The van der Waals surface area contributed by atoms with Gasteiger partial charge in [-0.3, -0.25) is 9.59 Å². The largest absolute Gasteiger partial charge is 0.506 e. The molecule has 0 spiro atoms. The standard InChI is InChI=1S/C12H15N3O4.C3H8/c1-3-13-9-10(12(19)11(9)18)14-6-5-15(2)8(17)4-7(6)16;1-3-2/h4-5,11,13-14,16,18H,3H2,1-2H3;3H2,1-2H3. The number of pyridine rings is 1. The number of hydrogen-bond acceptors (Lipinski definition) is 6. The van der Waals surface area contributed by atoms with Gasteiger partial charge in [-0.2, -0.15) is 0 Å². The molecule has 4 N–H and O–H groups in total. The van der Waals surface area contributed by atoms with Crippen molar-refractivity contribution in [2.24, 2.45) is 7.05 Å². The van der Waals surface area contributed by atoms with E-state index < -0.39 is 11.9 Å². The Balaban J connectivity index is 0.000000745. The Bertz CT molecular complexity index is 634. The lowest BCUT2D eigenvalue weighted by atomic mass is 9.95. The second-order valence-corrected chi connectivity index (χ2v) is 4.94. The molecule has 0 saturated heterocycles. The quantitative estimate of drug-likeness (QED) is 0.652. The number of ketones is 1. The predicted molar refractivity (Wildman–Crippen MR) is 84.7 cm³/mol. The zero-order valence-electron chi connectivity index (χ0n) is 13.3. The molecule has 1 aromatic rings. The molecule has 2 rings (SSSR count). The Morgan fingerprint density at radius 2 is 1.86 bits per heavy atom. The first-order chi connectivity index (χ1) is 10.4. The fourth-order valence-electron chi connectivity index (χ4n) is 1.81. The Hall–Kier alpha value is -2.28. The molecule has 7 heteroatoms. The van der Waals surface area contributed by atoms with Crippen LogP contribution >= 0.6 is 0 Å². The maximum Gasteiger partial charge on any atom is 0.254 e. The average molecular weight is 309 g/mol. The van der Waals surface area contributed by atoms with E-state index in [-0.39, 0.29) is 22.7 Å². The zero-order valence-corrected chi connectivity index (χ0v) is 13.3. The van der Waals surface area contributed by atoms with Crippen LogP contribution in [0.3, 0.4) is 0 Å². The van der Waals surface area contributed by atoms with Gasteiger partial charge in [0.05, 0.1) is 11.4 Å². The minimum atomic E-state index is -1.16. The summed E-state index contributed by atoms with van der Waals surface area (Å²) >= 11 is 0. The number of aliphatic hydroxyl groups is 1. The number of aryl methyl sites for hydroxylation is 1. The van der Waals surface area contributed by atoms with E-state index in [1.807, 2.05) is 6.92 Å². The smallest absolute Gasteiger partial charge is 0.254 e. The minimum Gasteiger partial charge on any atom is -0.506 e. The summed E-state index contributed by atoms with van der Waals surface area (Å²) in [6.45, 7) is 6.65. The van der Waals surface area contributed by atoms with Gasteiger partial charge in [-0.15, -0.1) is 0 Å². The molecule has 1 aliphatic rings. The van der Waals surface area contributed by atoms with Crippen LogP contribution in [0.25, 0.3) is 0 Å². The highest BCUT2D eigenvalue weighted by Gasteiger charge is 2.38. The van der Waals surface area contributed by atoms with Crippen molar-refractivity contribution in [3.63, 3.8) is 0 Å². The molecule has 0 fully saturated rings. The molecule has 0 aromatic carbocycles. The summed E-state index contributed by atoms with van der Waals surface area (Å²) in [6.07, 6.45) is 1.48. The lowest BCUT2D eigenvalue weighted by molar-refractivity contribution is -0.124. The second-order valence-electron chi connectivity index (χ2n) is 4.94. The van der Waals surface area contributed by atoms with Crippen molar-refractivity contribution in [3.05, 3.63) is 34.0 Å². The number of rotatable bonds is 4. The number of carbonyl (C=O) groups excluding carboxylic acids is 1. The number of aliphatic hydroxyl groups excluding tert-OH is 1. The first kappa shape index (κ1) is 17.8. The van der Waals surface area contributed by atoms with Crippen LogP contribution in [0.4, 0.5) is 5.69 Å². The highest BCUT2D eigenvalue weighted by molar-refractivity contribution is 6.10. The third-order valence-electron chi connectivity index (χ3n) is 2.87. The van der Waals surface area contributed by atoms with Crippen LogP contribution in [-0.2, 0) is 11.8 Å².